The summed E-state index contributed by atoms with van der Waals surface area (Å²) in [6.45, 7) is 4.87. The van der Waals surface area contributed by atoms with Gasteiger partial charge in [-0.1, -0.05) is 94.3 Å². The minimum Gasteiger partial charge on any atom is -0.457 e. The van der Waals surface area contributed by atoms with Crippen LogP contribution in [0.15, 0.2) is 54.6 Å². The van der Waals surface area contributed by atoms with Crippen molar-refractivity contribution in [2.75, 3.05) is 20.9 Å². The summed E-state index contributed by atoms with van der Waals surface area (Å²) in [6.07, 6.45) is 11.7. The van der Waals surface area contributed by atoms with Gasteiger partial charge in [0, 0.05) is 5.56 Å². The first kappa shape index (κ1) is 26.9. The fourth-order valence-electron chi connectivity index (χ4n) is 4.01. The normalized spacial score (nSPS) is 12.4. The Morgan fingerprint density at radius 2 is 1.48 bits per heavy atom. The molecule has 2 aromatic carbocycles. The molecule has 0 heterocycles. The van der Waals surface area contributed by atoms with E-state index < -0.39 is 0 Å². The smallest absolute Gasteiger partial charge is 0.367 e. The molecule has 0 saturated heterocycles. The van der Waals surface area contributed by atoms with Crippen molar-refractivity contribution in [1.29, 1.82) is 0 Å². The highest BCUT2D eigenvalue weighted by Crippen LogP contribution is 2.18. The number of likely N-dealkylation sites (N-methyl/N-ethyl adjacent to an activating group) is 1. The molecule has 0 aliphatic heterocycles. The molecule has 0 bridgehead atoms. The standard InChI is InChI=1S/C29H44NO3/c1-5-6-7-8-9-10-11-13-17-26-20-16-21-28(22-26)32-24-33-29(31)25(2)30(3,4)23-27-18-14-12-15-19-27/h12,14-16,18-22,25H,5-11,13,17,23-24H2,1-4H3/q+1. The summed E-state index contributed by atoms with van der Waals surface area (Å²) in [7, 11) is 4.10. The number of nitrogens with zero attached hydrogens (tertiary/aromatic N) is 1. The lowest BCUT2D eigenvalue weighted by Crippen LogP contribution is -2.51. The zero-order valence-electron chi connectivity index (χ0n) is 21.2. The Kier molecular flexibility index (Phi) is 12.0. The SMILES string of the molecule is CCCCCCCCCCc1cccc(OCOC(=O)C(C)[N+](C)(C)Cc2ccccc2)c1. The second-order valence-electron chi connectivity index (χ2n) is 9.70. The number of unbranched alkanes of at least 4 members (excludes halogenated alkanes) is 7. The van der Waals surface area contributed by atoms with Crippen molar-refractivity contribution in [3.8, 4) is 5.75 Å². The average Bonchev–Trinajstić information content (AvgIpc) is 2.81. The second-order valence-corrected chi connectivity index (χ2v) is 9.70. The van der Waals surface area contributed by atoms with Gasteiger partial charge in [0.2, 0.25) is 6.79 Å². The van der Waals surface area contributed by atoms with E-state index in [9.17, 15) is 4.79 Å². The van der Waals surface area contributed by atoms with Crippen LogP contribution in [0.2, 0.25) is 0 Å². The molecule has 1 unspecified atom stereocenters. The Hall–Kier alpha value is -2.33. The van der Waals surface area contributed by atoms with Crippen LogP contribution in [0.25, 0.3) is 0 Å². The van der Waals surface area contributed by atoms with E-state index in [2.05, 4.69) is 45.3 Å². The van der Waals surface area contributed by atoms with Crippen LogP contribution < -0.4 is 4.74 Å². The maximum atomic E-state index is 12.6. The molecule has 0 aliphatic carbocycles. The van der Waals surface area contributed by atoms with Gasteiger partial charge in [0.05, 0.1) is 14.1 Å². The lowest BCUT2D eigenvalue weighted by atomic mass is 10.0. The summed E-state index contributed by atoms with van der Waals surface area (Å²) in [4.78, 5) is 12.6. The van der Waals surface area contributed by atoms with Gasteiger partial charge in [0.25, 0.3) is 0 Å². The van der Waals surface area contributed by atoms with Crippen molar-refractivity contribution < 1.29 is 18.8 Å². The van der Waals surface area contributed by atoms with Crippen LogP contribution in [-0.4, -0.2) is 37.4 Å². The number of aryl methyl sites for hydroxylation is 1. The number of carbonyl (C=O) groups is 1. The first-order valence-corrected chi connectivity index (χ1v) is 12.7. The van der Waals surface area contributed by atoms with Crippen molar-refractivity contribution in [1.82, 2.24) is 0 Å². The number of hydrogen-bond donors (Lipinski definition) is 0. The predicted octanol–water partition coefficient (Wildman–Crippen LogP) is 6.91. The third kappa shape index (κ3) is 10.4. The Morgan fingerprint density at radius 1 is 0.848 bits per heavy atom. The summed E-state index contributed by atoms with van der Waals surface area (Å²) in [5.74, 6) is 0.511. The lowest BCUT2D eigenvalue weighted by Gasteiger charge is -2.34. The van der Waals surface area contributed by atoms with Gasteiger partial charge in [-0.3, -0.25) is 0 Å². The number of benzene rings is 2. The number of hydrogen-bond acceptors (Lipinski definition) is 3. The minimum absolute atomic E-state index is 0.0598. The fraction of sp³-hybridized carbons (Fsp3) is 0.552. The summed E-state index contributed by atoms with van der Waals surface area (Å²) in [5.41, 5.74) is 2.48. The van der Waals surface area contributed by atoms with E-state index >= 15 is 0 Å². The molecule has 0 spiro atoms. The maximum Gasteiger partial charge on any atom is 0.367 e. The van der Waals surface area contributed by atoms with Gasteiger partial charge < -0.3 is 14.0 Å². The number of rotatable bonds is 16. The third-order valence-electron chi connectivity index (χ3n) is 6.47. The molecule has 182 valence electrons. The third-order valence-corrected chi connectivity index (χ3v) is 6.47. The molecular weight excluding hydrogens is 410 g/mol. The van der Waals surface area contributed by atoms with Gasteiger partial charge in [0.15, 0.2) is 6.04 Å². The Labute approximate surface area is 201 Å². The highest BCUT2D eigenvalue weighted by molar-refractivity contribution is 5.74. The quantitative estimate of drug-likeness (QED) is 0.120. The maximum absolute atomic E-state index is 12.6. The first-order chi connectivity index (χ1) is 15.9. The largest absolute Gasteiger partial charge is 0.457 e. The number of carbonyl (C=O) groups excluding carboxylic acids is 1. The molecular formula is C29H44NO3+. The Bertz CT molecular complexity index is 804. The van der Waals surface area contributed by atoms with E-state index in [1.807, 2.05) is 37.3 Å². The van der Waals surface area contributed by atoms with E-state index in [0.29, 0.717) is 4.48 Å². The second kappa shape index (κ2) is 14.7. The molecule has 4 nitrogen and oxygen atoms in total. The van der Waals surface area contributed by atoms with E-state index in [0.717, 1.165) is 18.7 Å². The van der Waals surface area contributed by atoms with Crippen molar-refractivity contribution >= 4 is 5.97 Å². The fourth-order valence-corrected chi connectivity index (χ4v) is 4.01. The summed E-state index contributed by atoms with van der Waals surface area (Å²) < 4.78 is 11.7. The lowest BCUT2D eigenvalue weighted by molar-refractivity contribution is -0.917. The van der Waals surface area contributed by atoms with Crippen molar-refractivity contribution in [3.05, 3.63) is 65.7 Å². The van der Waals surface area contributed by atoms with Crippen LogP contribution in [0.5, 0.6) is 5.75 Å². The molecule has 0 saturated carbocycles. The van der Waals surface area contributed by atoms with E-state index in [1.54, 1.807) is 0 Å². The van der Waals surface area contributed by atoms with Crippen molar-refractivity contribution in [3.63, 3.8) is 0 Å². The van der Waals surface area contributed by atoms with Gasteiger partial charge in [-0.25, -0.2) is 4.79 Å². The topological polar surface area (TPSA) is 35.5 Å². The highest BCUT2D eigenvalue weighted by Gasteiger charge is 2.32. The molecule has 0 fully saturated rings. The molecule has 33 heavy (non-hydrogen) atoms. The van der Waals surface area contributed by atoms with Crippen LogP contribution in [0.3, 0.4) is 0 Å². The Morgan fingerprint density at radius 3 is 2.18 bits per heavy atom. The average molecular weight is 455 g/mol. The molecule has 2 aromatic rings. The van der Waals surface area contributed by atoms with Gasteiger partial charge in [-0.05, 0) is 37.5 Å². The highest BCUT2D eigenvalue weighted by atomic mass is 16.7. The van der Waals surface area contributed by atoms with Crippen LogP contribution in [0, 0.1) is 0 Å². The zero-order chi connectivity index (χ0) is 23.9. The van der Waals surface area contributed by atoms with E-state index in [-0.39, 0.29) is 18.8 Å². The molecule has 2 rings (SSSR count). The number of quaternary nitrogens is 1. The van der Waals surface area contributed by atoms with Crippen LogP contribution in [0.4, 0.5) is 0 Å². The van der Waals surface area contributed by atoms with Crippen LogP contribution >= 0.6 is 0 Å². The minimum atomic E-state index is -0.290. The van der Waals surface area contributed by atoms with Crippen LogP contribution in [-0.2, 0) is 22.5 Å². The molecule has 4 heteroatoms. The van der Waals surface area contributed by atoms with Gasteiger partial charge in [0.1, 0.15) is 12.3 Å². The van der Waals surface area contributed by atoms with Gasteiger partial charge >= 0.3 is 5.97 Å². The molecule has 0 radical (unpaired) electrons. The predicted molar refractivity (Wildman–Crippen MR) is 136 cm³/mol. The Balaban J connectivity index is 1.69. The van der Waals surface area contributed by atoms with Crippen molar-refractivity contribution in [2.45, 2.75) is 84.2 Å². The molecule has 0 amide bonds. The first-order valence-electron chi connectivity index (χ1n) is 12.7. The monoisotopic (exact) mass is 454 g/mol. The molecule has 0 N–H and O–H groups in total. The molecule has 0 aliphatic rings. The summed E-state index contributed by atoms with van der Waals surface area (Å²) >= 11 is 0. The van der Waals surface area contributed by atoms with E-state index in [4.69, 9.17) is 9.47 Å². The van der Waals surface area contributed by atoms with Gasteiger partial charge in [-0.2, -0.15) is 0 Å². The van der Waals surface area contributed by atoms with Crippen LogP contribution in [0.1, 0.15) is 76.3 Å². The molecule has 0 aromatic heterocycles. The van der Waals surface area contributed by atoms with Gasteiger partial charge in [-0.15, -0.1) is 0 Å². The van der Waals surface area contributed by atoms with Crippen molar-refractivity contribution in [2.24, 2.45) is 0 Å². The van der Waals surface area contributed by atoms with E-state index in [1.165, 1.54) is 62.5 Å². The summed E-state index contributed by atoms with van der Waals surface area (Å²) in [6, 6.07) is 18.1. The summed E-state index contributed by atoms with van der Waals surface area (Å²) in [5, 5.41) is 0. The molecule has 1 atom stereocenters. The number of esters is 1. The zero-order valence-corrected chi connectivity index (χ0v) is 21.2. The number of ether oxygens (including phenoxy) is 2.